The molecule has 1 saturated heterocycles. The third kappa shape index (κ3) is 2.31. The molecule has 1 fully saturated rings. The highest BCUT2D eigenvalue weighted by atomic mass is 32.2. The summed E-state index contributed by atoms with van der Waals surface area (Å²) in [6.45, 7) is 4.25. The average Bonchev–Trinajstić information content (AvgIpc) is 2.11. The van der Waals surface area contributed by atoms with Crippen molar-refractivity contribution in [1.82, 2.24) is 0 Å². The Kier molecular flexibility index (Phi) is 3.37. The van der Waals surface area contributed by atoms with Gasteiger partial charge in [0.1, 0.15) is 9.87 Å². The first-order valence-corrected chi connectivity index (χ1v) is 5.89. The molecule has 1 heterocycles. The van der Waals surface area contributed by atoms with Crippen molar-refractivity contribution in [2.24, 2.45) is 0 Å². The lowest BCUT2D eigenvalue weighted by atomic mass is 10.4. The number of ether oxygens (including phenoxy) is 2. The fourth-order valence-electron chi connectivity index (χ4n) is 0.887. The van der Waals surface area contributed by atoms with Crippen molar-refractivity contribution < 1.29 is 9.47 Å². The van der Waals surface area contributed by atoms with Gasteiger partial charge in [0.2, 0.25) is 0 Å². The summed E-state index contributed by atoms with van der Waals surface area (Å²) in [6, 6.07) is 0. The molecule has 2 nitrogen and oxygen atoms in total. The van der Waals surface area contributed by atoms with Crippen LogP contribution in [0.1, 0.15) is 13.8 Å². The van der Waals surface area contributed by atoms with Crippen molar-refractivity contribution in [2.45, 2.75) is 23.7 Å². The molecule has 1 aliphatic rings. The number of thioether (sulfide) groups is 2. The molecular formula is C8H16O2S2. The van der Waals surface area contributed by atoms with Gasteiger partial charge in [-0.15, -0.1) is 23.5 Å². The molecule has 0 aliphatic carbocycles. The van der Waals surface area contributed by atoms with Crippen molar-refractivity contribution in [3.8, 4) is 0 Å². The first-order chi connectivity index (χ1) is 5.54. The second-order valence-corrected chi connectivity index (χ2v) is 6.14. The fraction of sp³-hybridized carbons (Fsp3) is 1.00. The van der Waals surface area contributed by atoms with Gasteiger partial charge >= 0.3 is 0 Å². The molecule has 4 heteroatoms. The maximum atomic E-state index is 5.40. The second kappa shape index (κ2) is 3.78. The summed E-state index contributed by atoms with van der Waals surface area (Å²) in [5, 5.41) is 0. The van der Waals surface area contributed by atoms with Gasteiger partial charge in [0, 0.05) is 25.7 Å². The van der Waals surface area contributed by atoms with Crippen LogP contribution in [0, 0.1) is 0 Å². The van der Waals surface area contributed by atoms with Crippen LogP contribution in [0.3, 0.4) is 0 Å². The van der Waals surface area contributed by atoms with Gasteiger partial charge in [-0.2, -0.15) is 0 Å². The highest BCUT2D eigenvalue weighted by molar-refractivity contribution is 8.07. The van der Waals surface area contributed by atoms with Crippen LogP contribution < -0.4 is 0 Å². The van der Waals surface area contributed by atoms with Gasteiger partial charge in [0.15, 0.2) is 0 Å². The van der Waals surface area contributed by atoms with E-state index in [1.54, 1.807) is 14.2 Å². The van der Waals surface area contributed by atoms with Crippen LogP contribution >= 0.6 is 23.5 Å². The van der Waals surface area contributed by atoms with Crippen molar-refractivity contribution in [2.75, 3.05) is 25.7 Å². The number of methoxy groups -OCH3 is 2. The Morgan fingerprint density at radius 3 is 1.42 bits per heavy atom. The van der Waals surface area contributed by atoms with E-state index in [4.69, 9.17) is 9.47 Å². The van der Waals surface area contributed by atoms with E-state index in [-0.39, 0.29) is 9.87 Å². The molecule has 0 amide bonds. The SMILES string of the molecule is COC1(C)CSC(C)(OC)CS1. The molecule has 12 heavy (non-hydrogen) atoms. The normalized spacial score (nSPS) is 43.0. The minimum absolute atomic E-state index is 0.0251. The smallest absolute Gasteiger partial charge is 0.119 e. The second-order valence-electron chi connectivity index (χ2n) is 3.25. The van der Waals surface area contributed by atoms with Gasteiger partial charge < -0.3 is 9.47 Å². The Morgan fingerprint density at radius 1 is 0.917 bits per heavy atom. The molecule has 0 aromatic carbocycles. The molecule has 0 aromatic rings. The van der Waals surface area contributed by atoms with Crippen molar-refractivity contribution >= 4 is 23.5 Å². The summed E-state index contributed by atoms with van der Waals surface area (Å²) in [4.78, 5) is -0.0502. The minimum Gasteiger partial charge on any atom is -0.367 e. The van der Waals surface area contributed by atoms with Crippen LogP contribution in [0.15, 0.2) is 0 Å². The molecule has 1 rings (SSSR count). The van der Waals surface area contributed by atoms with Crippen LogP contribution in [-0.4, -0.2) is 35.6 Å². The summed E-state index contributed by atoms with van der Waals surface area (Å²) in [7, 11) is 3.53. The fourth-order valence-corrected chi connectivity index (χ4v) is 3.51. The lowest BCUT2D eigenvalue weighted by molar-refractivity contribution is 0.0841. The summed E-state index contributed by atoms with van der Waals surface area (Å²) < 4.78 is 10.8. The maximum absolute atomic E-state index is 5.40. The van der Waals surface area contributed by atoms with Gasteiger partial charge in [-0.1, -0.05) is 0 Å². The van der Waals surface area contributed by atoms with E-state index in [9.17, 15) is 0 Å². The molecular weight excluding hydrogens is 192 g/mol. The quantitative estimate of drug-likeness (QED) is 0.692. The van der Waals surface area contributed by atoms with Gasteiger partial charge in [-0.25, -0.2) is 0 Å². The monoisotopic (exact) mass is 208 g/mol. The highest BCUT2D eigenvalue weighted by Crippen LogP contribution is 2.44. The predicted molar refractivity (Wildman–Crippen MR) is 55.7 cm³/mol. The zero-order valence-corrected chi connectivity index (χ0v) is 9.68. The van der Waals surface area contributed by atoms with Gasteiger partial charge in [0.25, 0.3) is 0 Å². The molecule has 0 N–H and O–H groups in total. The largest absolute Gasteiger partial charge is 0.367 e. The summed E-state index contributed by atoms with van der Waals surface area (Å²) in [5.74, 6) is 1.97. The lowest BCUT2D eigenvalue weighted by Crippen LogP contribution is -2.40. The Bertz CT molecular complexity index is 135. The van der Waals surface area contributed by atoms with Gasteiger partial charge in [0.05, 0.1) is 0 Å². The van der Waals surface area contributed by atoms with E-state index in [1.807, 2.05) is 23.5 Å². The lowest BCUT2D eigenvalue weighted by Gasteiger charge is -2.40. The van der Waals surface area contributed by atoms with Crippen LogP contribution in [0.25, 0.3) is 0 Å². The maximum Gasteiger partial charge on any atom is 0.119 e. The Hall–Kier alpha value is 0.620. The molecule has 1 aliphatic heterocycles. The Balaban J connectivity index is 2.49. The third-order valence-corrected chi connectivity index (χ3v) is 5.74. The van der Waals surface area contributed by atoms with Crippen LogP contribution in [0.2, 0.25) is 0 Å². The molecule has 2 atom stereocenters. The van der Waals surface area contributed by atoms with Gasteiger partial charge in [-0.05, 0) is 13.8 Å². The minimum atomic E-state index is -0.0251. The van der Waals surface area contributed by atoms with E-state index in [2.05, 4.69) is 13.8 Å². The number of rotatable bonds is 2. The molecule has 0 spiro atoms. The molecule has 72 valence electrons. The molecule has 0 bridgehead atoms. The summed E-state index contributed by atoms with van der Waals surface area (Å²) >= 11 is 3.66. The first-order valence-electron chi connectivity index (χ1n) is 3.92. The van der Waals surface area contributed by atoms with Gasteiger partial charge in [-0.3, -0.25) is 0 Å². The molecule has 0 aromatic heterocycles. The molecule has 0 radical (unpaired) electrons. The van der Waals surface area contributed by atoms with Crippen LogP contribution in [-0.2, 0) is 9.47 Å². The average molecular weight is 208 g/mol. The van der Waals surface area contributed by atoms with E-state index in [0.717, 1.165) is 11.5 Å². The first kappa shape index (κ1) is 10.7. The van der Waals surface area contributed by atoms with E-state index < -0.39 is 0 Å². The van der Waals surface area contributed by atoms with E-state index >= 15 is 0 Å². The van der Waals surface area contributed by atoms with E-state index in [0.29, 0.717) is 0 Å². The summed E-state index contributed by atoms with van der Waals surface area (Å²) in [6.07, 6.45) is 0. The Labute approximate surface area is 82.8 Å². The van der Waals surface area contributed by atoms with Crippen molar-refractivity contribution in [1.29, 1.82) is 0 Å². The van der Waals surface area contributed by atoms with Crippen molar-refractivity contribution in [3.63, 3.8) is 0 Å². The highest BCUT2D eigenvalue weighted by Gasteiger charge is 2.38. The van der Waals surface area contributed by atoms with Crippen LogP contribution in [0.4, 0.5) is 0 Å². The predicted octanol–water partition coefficient (Wildman–Crippen LogP) is 2.19. The zero-order chi connectivity index (χ0) is 9.24. The third-order valence-electron chi connectivity index (χ3n) is 2.14. The molecule has 2 unspecified atom stereocenters. The van der Waals surface area contributed by atoms with Crippen LogP contribution in [0.5, 0.6) is 0 Å². The standard InChI is InChI=1S/C8H16O2S2/c1-7(9-3)5-12-8(2,10-4)6-11-7/h5-6H2,1-4H3. The Morgan fingerprint density at radius 2 is 1.25 bits per heavy atom. The van der Waals surface area contributed by atoms with E-state index in [1.165, 1.54) is 0 Å². The topological polar surface area (TPSA) is 18.5 Å². The zero-order valence-electron chi connectivity index (χ0n) is 8.05. The molecule has 0 saturated carbocycles. The summed E-state index contributed by atoms with van der Waals surface area (Å²) in [5.41, 5.74) is 0. The van der Waals surface area contributed by atoms with Crippen molar-refractivity contribution in [3.05, 3.63) is 0 Å². The number of hydrogen-bond acceptors (Lipinski definition) is 4. The number of hydrogen-bond donors (Lipinski definition) is 0.